The first-order valence-corrected chi connectivity index (χ1v) is 10.00. The molecule has 0 fully saturated rings. The number of rotatable bonds is 3. The number of amides is 1. The van der Waals surface area contributed by atoms with E-state index in [1.165, 1.54) is 0 Å². The number of hydrogen-bond donors (Lipinski definition) is 2. The maximum Gasteiger partial charge on any atom is 0.275 e. The lowest BCUT2D eigenvalue weighted by Gasteiger charge is -2.28. The van der Waals surface area contributed by atoms with Crippen molar-refractivity contribution in [1.29, 1.82) is 0 Å². The van der Waals surface area contributed by atoms with E-state index in [0.717, 1.165) is 28.1 Å². The normalized spacial score (nSPS) is 18.5. The second-order valence-corrected chi connectivity index (χ2v) is 7.32. The molecule has 0 spiro atoms. The number of para-hydroxylation sites is 1. The van der Waals surface area contributed by atoms with Crippen LogP contribution in [0.3, 0.4) is 0 Å². The maximum absolute atomic E-state index is 13.6. The zero-order valence-corrected chi connectivity index (χ0v) is 16.3. The number of hydrogen-bond acceptors (Lipinski definition) is 4. The molecular weight excluding hydrogens is 374 g/mol. The third-order valence-electron chi connectivity index (χ3n) is 5.46. The number of nitrogens with zero attached hydrogens (tertiary/aromatic N) is 2. The van der Waals surface area contributed by atoms with Crippen molar-refractivity contribution in [1.82, 2.24) is 5.32 Å². The van der Waals surface area contributed by atoms with Crippen LogP contribution in [0, 0.1) is 0 Å². The molecule has 148 valence electrons. The van der Waals surface area contributed by atoms with Crippen molar-refractivity contribution in [3.63, 3.8) is 0 Å². The van der Waals surface area contributed by atoms with E-state index < -0.39 is 0 Å². The highest BCUT2D eigenvalue weighted by Gasteiger charge is 2.43. The first-order valence-electron chi connectivity index (χ1n) is 10.00. The first-order chi connectivity index (χ1) is 14.7. The number of nitrogens with one attached hydrogen (secondary N) is 1. The summed E-state index contributed by atoms with van der Waals surface area (Å²) in [5, 5.41) is 13.1. The zero-order valence-electron chi connectivity index (χ0n) is 16.3. The largest absolute Gasteiger partial charge is 0.508 e. The minimum atomic E-state index is -0.347. The van der Waals surface area contributed by atoms with E-state index in [-0.39, 0.29) is 17.7 Å². The quantitative estimate of drug-likeness (QED) is 0.709. The van der Waals surface area contributed by atoms with Crippen LogP contribution in [0.5, 0.6) is 5.75 Å². The Morgan fingerprint density at radius 3 is 2.27 bits per heavy atom. The Balaban J connectivity index is 1.73. The minimum absolute atomic E-state index is 0.0696. The van der Waals surface area contributed by atoms with Crippen LogP contribution in [0.2, 0.25) is 0 Å². The number of benzene rings is 3. The summed E-state index contributed by atoms with van der Waals surface area (Å²) in [6.45, 7) is 1.20. The standard InChI is InChI=1S/C25H21N3O2/c29-20-13-11-18(12-14-20)24-21-22(17-7-3-1-4-8-17)26-15-16-27-23(21)25(30)28(24)19-9-5-2-6-10-19/h1-14,24,27,29H,15-16H2/t24-/m0/s1. The van der Waals surface area contributed by atoms with Crippen LogP contribution in [0.4, 0.5) is 5.69 Å². The Bertz CT molecular complexity index is 1140. The fourth-order valence-corrected chi connectivity index (χ4v) is 4.14. The molecule has 5 nitrogen and oxygen atoms in total. The van der Waals surface area contributed by atoms with E-state index in [2.05, 4.69) is 5.32 Å². The summed E-state index contributed by atoms with van der Waals surface area (Å²) in [5.74, 6) is 0.124. The molecule has 2 N–H and O–H groups in total. The SMILES string of the molecule is O=C1C2=C(C(c3ccccc3)=NCCN2)[C@H](c2ccc(O)cc2)N1c1ccccc1. The Morgan fingerprint density at radius 1 is 0.900 bits per heavy atom. The molecule has 3 aromatic rings. The average molecular weight is 395 g/mol. The number of anilines is 1. The highest BCUT2D eigenvalue weighted by Crippen LogP contribution is 2.42. The third kappa shape index (κ3) is 3.05. The molecule has 30 heavy (non-hydrogen) atoms. The summed E-state index contributed by atoms with van der Waals surface area (Å²) in [4.78, 5) is 20.3. The molecule has 0 saturated carbocycles. The van der Waals surface area contributed by atoms with Gasteiger partial charge in [0.2, 0.25) is 0 Å². The van der Waals surface area contributed by atoms with Crippen molar-refractivity contribution < 1.29 is 9.90 Å². The van der Waals surface area contributed by atoms with E-state index in [1.54, 1.807) is 12.1 Å². The molecule has 0 aliphatic carbocycles. The molecule has 2 aliphatic heterocycles. The van der Waals surface area contributed by atoms with Gasteiger partial charge in [0.15, 0.2) is 0 Å². The lowest BCUT2D eigenvalue weighted by molar-refractivity contribution is -0.115. The lowest BCUT2D eigenvalue weighted by Crippen LogP contribution is -2.33. The third-order valence-corrected chi connectivity index (χ3v) is 5.46. The van der Waals surface area contributed by atoms with E-state index in [9.17, 15) is 9.90 Å². The number of aliphatic imine (C=N–C) groups is 1. The van der Waals surface area contributed by atoms with E-state index in [4.69, 9.17) is 4.99 Å². The number of phenols is 1. The van der Waals surface area contributed by atoms with Gasteiger partial charge < -0.3 is 10.4 Å². The van der Waals surface area contributed by atoms with Gasteiger partial charge in [0.25, 0.3) is 5.91 Å². The molecule has 5 heteroatoms. The van der Waals surface area contributed by atoms with Crippen molar-refractivity contribution in [2.24, 2.45) is 4.99 Å². The summed E-state index contributed by atoms with van der Waals surface area (Å²) in [5.41, 5.74) is 5.03. The summed E-state index contributed by atoms with van der Waals surface area (Å²) in [7, 11) is 0. The van der Waals surface area contributed by atoms with Gasteiger partial charge in [-0.2, -0.15) is 0 Å². The molecule has 0 aromatic heterocycles. The van der Waals surface area contributed by atoms with Gasteiger partial charge in [0.05, 0.1) is 18.3 Å². The fraction of sp³-hybridized carbons (Fsp3) is 0.120. The van der Waals surface area contributed by atoms with E-state index in [0.29, 0.717) is 18.8 Å². The summed E-state index contributed by atoms with van der Waals surface area (Å²) >= 11 is 0. The topological polar surface area (TPSA) is 64.9 Å². The monoisotopic (exact) mass is 395 g/mol. The van der Waals surface area contributed by atoms with Gasteiger partial charge in [-0.1, -0.05) is 60.7 Å². The predicted molar refractivity (Wildman–Crippen MR) is 118 cm³/mol. The molecule has 0 radical (unpaired) electrons. The van der Waals surface area contributed by atoms with Crippen molar-refractivity contribution in [3.05, 3.63) is 107 Å². The molecule has 5 rings (SSSR count). The van der Waals surface area contributed by atoms with Crippen LogP contribution < -0.4 is 10.2 Å². The van der Waals surface area contributed by atoms with Gasteiger partial charge in [0, 0.05) is 23.4 Å². The van der Waals surface area contributed by atoms with Crippen LogP contribution in [-0.2, 0) is 4.79 Å². The lowest BCUT2D eigenvalue weighted by atomic mass is 9.91. The van der Waals surface area contributed by atoms with Crippen molar-refractivity contribution in [2.75, 3.05) is 18.0 Å². The number of carbonyl (C=O) groups excluding carboxylic acids is 1. The van der Waals surface area contributed by atoms with E-state index >= 15 is 0 Å². The van der Waals surface area contributed by atoms with Crippen molar-refractivity contribution >= 4 is 17.3 Å². The number of carbonyl (C=O) groups is 1. The fourth-order valence-electron chi connectivity index (χ4n) is 4.14. The van der Waals surface area contributed by atoms with E-state index in [1.807, 2.05) is 77.7 Å². The minimum Gasteiger partial charge on any atom is -0.508 e. The molecule has 3 aromatic carbocycles. The highest BCUT2D eigenvalue weighted by molar-refractivity contribution is 6.23. The molecule has 2 heterocycles. The molecule has 2 aliphatic rings. The molecule has 0 unspecified atom stereocenters. The summed E-state index contributed by atoms with van der Waals surface area (Å²) < 4.78 is 0. The number of phenolic OH excluding ortho intramolecular Hbond substituents is 1. The van der Waals surface area contributed by atoms with Gasteiger partial charge in [-0.3, -0.25) is 14.7 Å². The Kier molecular flexibility index (Phi) is 4.56. The number of aromatic hydroxyl groups is 1. The predicted octanol–water partition coefficient (Wildman–Crippen LogP) is 3.83. The second kappa shape index (κ2) is 7.52. The molecular formula is C25H21N3O2. The van der Waals surface area contributed by atoms with Crippen LogP contribution in [-0.4, -0.2) is 29.8 Å². The van der Waals surface area contributed by atoms with Crippen LogP contribution >= 0.6 is 0 Å². The van der Waals surface area contributed by atoms with Gasteiger partial charge in [-0.05, 0) is 29.8 Å². The second-order valence-electron chi connectivity index (χ2n) is 7.32. The van der Waals surface area contributed by atoms with Crippen molar-refractivity contribution in [2.45, 2.75) is 6.04 Å². The molecule has 0 bridgehead atoms. The smallest absolute Gasteiger partial charge is 0.275 e. The highest BCUT2D eigenvalue weighted by atomic mass is 16.3. The van der Waals surface area contributed by atoms with Gasteiger partial charge in [-0.25, -0.2) is 0 Å². The zero-order chi connectivity index (χ0) is 20.5. The summed E-state index contributed by atoms with van der Waals surface area (Å²) in [6.07, 6.45) is 0. The first kappa shape index (κ1) is 18.2. The molecule has 1 atom stereocenters. The average Bonchev–Trinajstić information content (AvgIpc) is 2.93. The maximum atomic E-state index is 13.6. The van der Waals surface area contributed by atoms with Crippen LogP contribution in [0.1, 0.15) is 17.2 Å². The Hall–Kier alpha value is -3.86. The van der Waals surface area contributed by atoms with Gasteiger partial charge >= 0.3 is 0 Å². The Morgan fingerprint density at radius 2 is 1.57 bits per heavy atom. The van der Waals surface area contributed by atoms with Gasteiger partial charge in [0.1, 0.15) is 11.4 Å². The van der Waals surface area contributed by atoms with Crippen LogP contribution in [0.15, 0.2) is 101 Å². The summed E-state index contributed by atoms with van der Waals surface area (Å²) in [6, 6.07) is 26.4. The van der Waals surface area contributed by atoms with Crippen LogP contribution in [0.25, 0.3) is 0 Å². The Labute approximate surface area is 175 Å². The van der Waals surface area contributed by atoms with Gasteiger partial charge in [-0.15, -0.1) is 0 Å². The van der Waals surface area contributed by atoms with Crippen molar-refractivity contribution in [3.8, 4) is 5.75 Å². The molecule has 0 saturated heterocycles. The molecule has 1 amide bonds.